The predicted molar refractivity (Wildman–Crippen MR) is 100.0 cm³/mol. The second kappa shape index (κ2) is 7.60. The van der Waals surface area contributed by atoms with Gasteiger partial charge in [0.15, 0.2) is 0 Å². The molecule has 0 N–H and O–H groups in total. The highest BCUT2D eigenvalue weighted by atomic mass is 79.9. The maximum Gasteiger partial charge on any atom is 0.0187 e. The minimum atomic E-state index is 0.0986. The van der Waals surface area contributed by atoms with Crippen LogP contribution in [0.2, 0.25) is 0 Å². The number of halogens is 2. The molecule has 0 saturated carbocycles. The van der Waals surface area contributed by atoms with Crippen molar-refractivity contribution in [3.63, 3.8) is 0 Å². The summed E-state index contributed by atoms with van der Waals surface area (Å²) in [4.78, 5) is 0. The Kier molecular flexibility index (Phi) is 6.07. The van der Waals surface area contributed by atoms with Crippen LogP contribution in [0.4, 0.5) is 0 Å². The topological polar surface area (TPSA) is 0 Å². The van der Waals surface area contributed by atoms with Crippen LogP contribution in [0.1, 0.15) is 29.2 Å². The summed E-state index contributed by atoms with van der Waals surface area (Å²) in [5.74, 6) is 0. The van der Waals surface area contributed by atoms with Crippen LogP contribution in [0, 0.1) is 6.92 Å². The number of benzene rings is 2. The summed E-state index contributed by atoms with van der Waals surface area (Å²) in [6, 6.07) is 18.0. The van der Waals surface area contributed by atoms with Gasteiger partial charge in [0, 0.05) is 16.1 Å². The molecule has 2 heteroatoms. The van der Waals surface area contributed by atoms with Crippen molar-refractivity contribution in [2.24, 2.45) is 0 Å². The van der Waals surface area contributed by atoms with Crippen LogP contribution in [0.15, 0.2) is 48.5 Å². The molecule has 0 unspecified atom stereocenters. The fourth-order valence-electron chi connectivity index (χ4n) is 2.58. The highest BCUT2D eigenvalue weighted by Crippen LogP contribution is 2.33. The Morgan fingerprint density at radius 2 is 1.33 bits per heavy atom. The molecule has 0 aliphatic heterocycles. The van der Waals surface area contributed by atoms with Crippen LogP contribution < -0.4 is 0 Å². The molecule has 0 aromatic heterocycles. The van der Waals surface area contributed by atoms with Gasteiger partial charge in [-0.25, -0.2) is 0 Å². The molecule has 2 rings (SSSR count). The Labute approximate surface area is 145 Å². The summed E-state index contributed by atoms with van der Waals surface area (Å²) in [6.45, 7) is 4.33. The molecule has 0 aliphatic rings. The average molecular weight is 410 g/mol. The normalized spacial score (nSPS) is 11.6. The van der Waals surface area contributed by atoms with Crippen LogP contribution in [-0.2, 0) is 18.3 Å². The van der Waals surface area contributed by atoms with E-state index >= 15 is 0 Å². The zero-order valence-corrected chi connectivity index (χ0v) is 15.9. The molecule has 0 radical (unpaired) electrons. The lowest BCUT2D eigenvalue weighted by Crippen LogP contribution is -2.33. The zero-order chi connectivity index (χ0) is 15.3. The lowest BCUT2D eigenvalue weighted by Gasteiger charge is -2.31. The van der Waals surface area contributed by atoms with Gasteiger partial charge in [0.25, 0.3) is 0 Å². The van der Waals surface area contributed by atoms with Crippen LogP contribution in [0.3, 0.4) is 0 Å². The van der Waals surface area contributed by atoms with Crippen molar-refractivity contribution in [3.05, 3.63) is 70.8 Å². The first-order valence-electron chi connectivity index (χ1n) is 7.40. The van der Waals surface area contributed by atoms with Crippen molar-refractivity contribution in [1.29, 1.82) is 0 Å². The van der Waals surface area contributed by atoms with Crippen LogP contribution in [0.5, 0.6) is 0 Å². The van der Waals surface area contributed by atoms with Gasteiger partial charge < -0.3 is 0 Å². The molecule has 0 amide bonds. The minimum Gasteiger partial charge on any atom is -0.0918 e. The highest BCUT2D eigenvalue weighted by Gasteiger charge is 2.30. The maximum absolute atomic E-state index is 3.74. The van der Waals surface area contributed by atoms with E-state index in [-0.39, 0.29) is 5.41 Å². The molecule has 0 aliphatic carbocycles. The highest BCUT2D eigenvalue weighted by molar-refractivity contribution is 9.09. The van der Waals surface area contributed by atoms with Crippen molar-refractivity contribution in [2.75, 3.05) is 10.7 Å². The molecule has 2 aromatic rings. The van der Waals surface area contributed by atoms with Gasteiger partial charge >= 0.3 is 0 Å². The molecule has 2 aromatic carbocycles. The van der Waals surface area contributed by atoms with E-state index in [0.29, 0.717) is 0 Å². The fourth-order valence-corrected chi connectivity index (χ4v) is 4.55. The number of rotatable bonds is 6. The van der Waals surface area contributed by atoms with Gasteiger partial charge in [-0.15, -0.1) is 0 Å². The van der Waals surface area contributed by atoms with Crippen molar-refractivity contribution in [2.45, 2.75) is 32.1 Å². The standard InChI is InChI=1S/C19H22Br2/c1-3-16-6-8-17(9-7-16)12-19(13-20,14-21)18-10-4-15(2)5-11-18/h4-11H,3,12-14H2,1-2H3. The van der Waals surface area contributed by atoms with Gasteiger partial charge in [-0.3, -0.25) is 0 Å². The van der Waals surface area contributed by atoms with Gasteiger partial charge in [0.2, 0.25) is 0 Å². The first kappa shape index (κ1) is 16.8. The van der Waals surface area contributed by atoms with E-state index in [9.17, 15) is 0 Å². The SMILES string of the molecule is CCc1ccc(CC(CBr)(CBr)c2ccc(C)cc2)cc1. The van der Waals surface area contributed by atoms with Crippen molar-refractivity contribution in [1.82, 2.24) is 0 Å². The van der Waals surface area contributed by atoms with E-state index in [2.05, 4.69) is 94.2 Å². The third-order valence-electron chi connectivity index (χ3n) is 4.15. The Bertz CT molecular complexity index is 551. The summed E-state index contributed by atoms with van der Waals surface area (Å²) >= 11 is 7.49. The molecule has 0 fully saturated rings. The summed E-state index contributed by atoms with van der Waals surface area (Å²) in [7, 11) is 0. The number of aryl methyl sites for hydroxylation is 2. The number of alkyl halides is 2. The molecule has 0 bridgehead atoms. The smallest absolute Gasteiger partial charge is 0.0187 e. The van der Waals surface area contributed by atoms with E-state index < -0.39 is 0 Å². The zero-order valence-electron chi connectivity index (χ0n) is 12.7. The van der Waals surface area contributed by atoms with E-state index in [0.717, 1.165) is 23.5 Å². The van der Waals surface area contributed by atoms with Gasteiger partial charge in [-0.05, 0) is 36.5 Å². The van der Waals surface area contributed by atoms with E-state index in [4.69, 9.17) is 0 Å². The van der Waals surface area contributed by atoms with Crippen LogP contribution >= 0.6 is 31.9 Å². The second-order valence-corrected chi connectivity index (χ2v) is 6.88. The fraction of sp³-hybridized carbons (Fsp3) is 0.368. The van der Waals surface area contributed by atoms with Crippen LogP contribution in [-0.4, -0.2) is 10.7 Å². The first-order valence-corrected chi connectivity index (χ1v) is 9.65. The summed E-state index contributed by atoms with van der Waals surface area (Å²) < 4.78 is 0. The Morgan fingerprint density at radius 3 is 1.81 bits per heavy atom. The van der Waals surface area contributed by atoms with Crippen molar-refractivity contribution in [3.8, 4) is 0 Å². The minimum absolute atomic E-state index is 0.0986. The molecule has 21 heavy (non-hydrogen) atoms. The predicted octanol–water partition coefficient (Wildman–Crippen LogP) is 5.83. The van der Waals surface area contributed by atoms with Gasteiger partial charge in [-0.1, -0.05) is 92.9 Å². The maximum atomic E-state index is 3.74. The van der Waals surface area contributed by atoms with Gasteiger partial charge in [0.1, 0.15) is 0 Å². The summed E-state index contributed by atoms with van der Waals surface area (Å²) in [5.41, 5.74) is 5.59. The van der Waals surface area contributed by atoms with E-state index in [1.807, 2.05) is 0 Å². The lowest BCUT2D eigenvalue weighted by molar-refractivity contribution is 0.551. The van der Waals surface area contributed by atoms with E-state index in [1.54, 1.807) is 0 Å². The molecule has 112 valence electrons. The van der Waals surface area contributed by atoms with Crippen LogP contribution in [0.25, 0.3) is 0 Å². The second-order valence-electron chi connectivity index (χ2n) is 5.76. The first-order chi connectivity index (χ1) is 10.1. The molecule has 0 atom stereocenters. The average Bonchev–Trinajstić information content (AvgIpc) is 2.54. The quantitative estimate of drug-likeness (QED) is 0.526. The third kappa shape index (κ3) is 3.98. The largest absolute Gasteiger partial charge is 0.0918 e. The molecule has 0 saturated heterocycles. The molecule has 0 nitrogen and oxygen atoms in total. The Balaban J connectivity index is 2.30. The Morgan fingerprint density at radius 1 is 0.810 bits per heavy atom. The number of hydrogen-bond acceptors (Lipinski definition) is 0. The Hall–Kier alpha value is -0.600. The van der Waals surface area contributed by atoms with E-state index in [1.165, 1.54) is 22.3 Å². The monoisotopic (exact) mass is 408 g/mol. The van der Waals surface area contributed by atoms with Gasteiger partial charge in [-0.2, -0.15) is 0 Å². The van der Waals surface area contributed by atoms with Crippen molar-refractivity contribution < 1.29 is 0 Å². The third-order valence-corrected chi connectivity index (χ3v) is 6.30. The molecule has 0 spiro atoms. The summed E-state index contributed by atoms with van der Waals surface area (Å²) in [6.07, 6.45) is 2.14. The van der Waals surface area contributed by atoms with Crippen molar-refractivity contribution >= 4 is 31.9 Å². The molecular formula is C19H22Br2. The molecular weight excluding hydrogens is 388 g/mol. The summed E-state index contributed by atoms with van der Waals surface area (Å²) in [5, 5.41) is 1.90. The van der Waals surface area contributed by atoms with Gasteiger partial charge in [0.05, 0.1) is 0 Å². The number of hydrogen-bond donors (Lipinski definition) is 0. The molecule has 0 heterocycles. The lowest BCUT2D eigenvalue weighted by atomic mass is 9.79.